The van der Waals surface area contributed by atoms with E-state index in [1.54, 1.807) is 32.4 Å². The molecular formula is C18H25ClN2O4. The Kier molecular flexibility index (Phi) is 7.37. The van der Waals surface area contributed by atoms with E-state index in [4.69, 9.17) is 21.1 Å². The molecule has 1 aliphatic rings. The lowest BCUT2D eigenvalue weighted by Crippen LogP contribution is -2.46. The molecule has 1 heterocycles. The number of hydrogen-bond acceptors (Lipinski definition) is 4. The molecule has 1 aromatic carbocycles. The molecule has 0 radical (unpaired) electrons. The molecule has 1 aliphatic heterocycles. The highest BCUT2D eigenvalue weighted by Gasteiger charge is 2.24. The van der Waals surface area contributed by atoms with E-state index in [2.05, 4.69) is 5.32 Å². The van der Waals surface area contributed by atoms with Gasteiger partial charge >= 0.3 is 0 Å². The third kappa shape index (κ3) is 5.53. The minimum atomic E-state index is -0.163. The van der Waals surface area contributed by atoms with Crippen molar-refractivity contribution >= 4 is 23.4 Å². The molecule has 1 saturated heterocycles. The SMILES string of the molecule is COc1cc(OC)cc(C(=O)NC2CCN(C(=O)CCCCl)CC2)c1. The number of carbonyl (C=O) groups excluding carboxylic acids is 2. The molecule has 25 heavy (non-hydrogen) atoms. The number of halogens is 1. The highest BCUT2D eigenvalue weighted by atomic mass is 35.5. The second kappa shape index (κ2) is 9.51. The molecule has 7 heteroatoms. The Morgan fingerprint density at radius 1 is 1.16 bits per heavy atom. The van der Waals surface area contributed by atoms with Gasteiger partial charge in [0.15, 0.2) is 0 Å². The molecule has 0 aromatic heterocycles. The first-order valence-corrected chi connectivity index (χ1v) is 8.98. The van der Waals surface area contributed by atoms with Gasteiger partial charge in [-0.2, -0.15) is 0 Å². The number of rotatable bonds is 7. The lowest BCUT2D eigenvalue weighted by Gasteiger charge is -2.32. The molecule has 1 aromatic rings. The second-order valence-corrected chi connectivity index (χ2v) is 6.40. The standard InChI is InChI=1S/C18H25ClN2O4/c1-24-15-10-13(11-16(12-15)25-2)18(23)20-14-5-8-21(9-6-14)17(22)4-3-7-19/h10-12,14H,3-9H2,1-2H3,(H,20,23). The molecule has 2 amide bonds. The van der Waals surface area contributed by atoms with Crippen LogP contribution in [0.1, 0.15) is 36.0 Å². The Morgan fingerprint density at radius 2 is 1.76 bits per heavy atom. The van der Waals surface area contributed by atoms with Gasteiger partial charge in [0.1, 0.15) is 11.5 Å². The first-order chi connectivity index (χ1) is 12.1. The Hall–Kier alpha value is -1.95. The van der Waals surface area contributed by atoms with Crippen LogP contribution in [0.4, 0.5) is 0 Å². The summed E-state index contributed by atoms with van der Waals surface area (Å²) < 4.78 is 10.4. The molecule has 0 spiro atoms. The summed E-state index contributed by atoms with van der Waals surface area (Å²) in [4.78, 5) is 26.3. The van der Waals surface area contributed by atoms with Crippen molar-refractivity contribution in [1.82, 2.24) is 10.2 Å². The molecule has 0 aliphatic carbocycles. The fraction of sp³-hybridized carbons (Fsp3) is 0.556. The number of nitrogens with zero attached hydrogens (tertiary/aromatic N) is 1. The van der Waals surface area contributed by atoms with Crippen LogP contribution < -0.4 is 14.8 Å². The van der Waals surface area contributed by atoms with E-state index in [9.17, 15) is 9.59 Å². The minimum Gasteiger partial charge on any atom is -0.497 e. The topological polar surface area (TPSA) is 67.9 Å². The minimum absolute atomic E-state index is 0.0572. The number of nitrogens with one attached hydrogen (secondary N) is 1. The number of likely N-dealkylation sites (tertiary alicyclic amines) is 1. The normalized spacial score (nSPS) is 14.9. The van der Waals surface area contributed by atoms with E-state index >= 15 is 0 Å². The molecule has 0 bridgehead atoms. The third-order valence-corrected chi connectivity index (χ3v) is 4.59. The summed E-state index contributed by atoms with van der Waals surface area (Å²) in [6.07, 6.45) is 2.69. The van der Waals surface area contributed by atoms with Crippen LogP contribution in [-0.2, 0) is 4.79 Å². The van der Waals surface area contributed by atoms with Gasteiger partial charge in [-0.3, -0.25) is 9.59 Å². The van der Waals surface area contributed by atoms with Crippen molar-refractivity contribution < 1.29 is 19.1 Å². The molecule has 0 saturated carbocycles. The number of carbonyl (C=O) groups is 2. The fourth-order valence-electron chi connectivity index (χ4n) is 2.86. The zero-order valence-corrected chi connectivity index (χ0v) is 15.5. The molecule has 6 nitrogen and oxygen atoms in total. The average molecular weight is 369 g/mol. The lowest BCUT2D eigenvalue weighted by atomic mass is 10.0. The summed E-state index contributed by atoms with van der Waals surface area (Å²) in [5.41, 5.74) is 0.497. The summed E-state index contributed by atoms with van der Waals surface area (Å²) in [6, 6.07) is 5.15. The van der Waals surface area contributed by atoms with Crippen LogP contribution >= 0.6 is 11.6 Å². The quantitative estimate of drug-likeness (QED) is 0.750. The van der Waals surface area contributed by atoms with Crippen molar-refractivity contribution in [2.24, 2.45) is 0 Å². The zero-order valence-electron chi connectivity index (χ0n) is 14.7. The predicted molar refractivity (Wildman–Crippen MR) is 96.6 cm³/mol. The van der Waals surface area contributed by atoms with Crippen molar-refractivity contribution in [3.8, 4) is 11.5 Å². The summed E-state index contributed by atoms with van der Waals surface area (Å²) in [6.45, 7) is 1.32. The largest absolute Gasteiger partial charge is 0.497 e. The van der Waals surface area contributed by atoms with Crippen LogP contribution in [0.3, 0.4) is 0 Å². The highest BCUT2D eigenvalue weighted by molar-refractivity contribution is 6.17. The van der Waals surface area contributed by atoms with Crippen molar-refractivity contribution in [1.29, 1.82) is 0 Å². The van der Waals surface area contributed by atoms with Crippen LogP contribution in [0.25, 0.3) is 0 Å². The van der Waals surface area contributed by atoms with Crippen molar-refractivity contribution in [2.45, 2.75) is 31.7 Å². The van der Waals surface area contributed by atoms with E-state index in [1.165, 1.54) is 0 Å². The Balaban J connectivity index is 1.89. The van der Waals surface area contributed by atoms with Crippen LogP contribution in [0.2, 0.25) is 0 Å². The Morgan fingerprint density at radius 3 is 2.28 bits per heavy atom. The van der Waals surface area contributed by atoms with Crippen LogP contribution in [-0.4, -0.2) is 55.9 Å². The molecule has 138 valence electrons. The lowest BCUT2D eigenvalue weighted by molar-refractivity contribution is -0.132. The van der Waals surface area contributed by atoms with Gasteiger partial charge in [-0.15, -0.1) is 11.6 Å². The van der Waals surface area contributed by atoms with E-state index < -0.39 is 0 Å². The van der Waals surface area contributed by atoms with Crippen molar-refractivity contribution in [2.75, 3.05) is 33.2 Å². The molecule has 1 N–H and O–H groups in total. The number of ether oxygens (including phenoxy) is 2. The molecule has 0 unspecified atom stereocenters. The number of amides is 2. The van der Waals surface area contributed by atoms with E-state index in [1.807, 2.05) is 4.90 Å². The van der Waals surface area contributed by atoms with Gasteiger partial charge in [-0.05, 0) is 31.4 Å². The van der Waals surface area contributed by atoms with E-state index in [0.717, 1.165) is 12.8 Å². The average Bonchev–Trinajstić information content (AvgIpc) is 2.66. The number of methoxy groups -OCH3 is 2. The number of alkyl halides is 1. The van der Waals surface area contributed by atoms with Gasteiger partial charge in [-0.1, -0.05) is 0 Å². The molecule has 1 fully saturated rings. The first-order valence-electron chi connectivity index (χ1n) is 8.45. The van der Waals surface area contributed by atoms with Crippen LogP contribution in [0.5, 0.6) is 11.5 Å². The van der Waals surface area contributed by atoms with Crippen molar-refractivity contribution in [3.05, 3.63) is 23.8 Å². The zero-order chi connectivity index (χ0) is 18.2. The van der Waals surface area contributed by atoms with Gasteiger partial charge in [0.25, 0.3) is 5.91 Å². The van der Waals surface area contributed by atoms with Gasteiger partial charge in [0, 0.05) is 43.1 Å². The third-order valence-electron chi connectivity index (χ3n) is 4.32. The maximum atomic E-state index is 12.5. The Bertz CT molecular complexity index is 578. The fourth-order valence-corrected chi connectivity index (χ4v) is 2.99. The summed E-state index contributed by atoms with van der Waals surface area (Å²) in [5, 5.41) is 3.03. The highest BCUT2D eigenvalue weighted by Crippen LogP contribution is 2.23. The van der Waals surface area contributed by atoms with Gasteiger partial charge in [0.2, 0.25) is 5.91 Å². The number of hydrogen-bond donors (Lipinski definition) is 1. The van der Waals surface area contributed by atoms with Crippen LogP contribution in [0.15, 0.2) is 18.2 Å². The van der Waals surface area contributed by atoms with Crippen molar-refractivity contribution in [3.63, 3.8) is 0 Å². The number of piperidine rings is 1. The molecular weight excluding hydrogens is 344 g/mol. The smallest absolute Gasteiger partial charge is 0.251 e. The molecule has 2 rings (SSSR count). The monoisotopic (exact) mass is 368 g/mol. The first kappa shape index (κ1) is 19.4. The second-order valence-electron chi connectivity index (χ2n) is 6.02. The maximum Gasteiger partial charge on any atom is 0.251 e. The van der Waals surface area contributed by atoms with Gasteiger partial charge in [0.05, 0.1) is 14.2 Å². The summed E-state index contributed by atoms with van der Waals surface area (Å²) in [7, 11) is 3.10. The van der Waals surface area contributed by atoms with E-state index in [-0.39, 0.29) is 17.9 Å². The van der Waals surface area contributed by atoms with E-state index in [0.29, 0.717) is 48.9 Å². The summed E-state index contributed by atoms with van der Waals surface area (Å²) in [5.74, 6) is 1.63. The predicted octanol–water partition coefficient (Wildman–Crippen LogP) is 2.44. The van der Waals surface area contributed by atoms with Crippen LogP contribution in [0, 0.1) is 0 Å². The Labute approximate surface area is 153 Å². The van der Waals surface area contributed by atoms with Gasteiger partial charge < -0.3 is 19.7 Å². The number of benzene rings is 1. The maximum absolute atomic E-state index is 12.5. The molecule has 0 atom stereocenters. The summed E-state index contributed by atoms with van der Waals surface area (Å²) >= 11 is 5.63. The van der Waals surface area contributed by atoms with Gasteiger partial charge in [-0.25, -0.2) is 0 Å².